The third kappa shape index (κ3) is 1.61. The number of hydrogen-bond acceptors (Lipinski definition) is 4. The van der Waals surface area contributed by atoms with Crippen molar-refractivity contribution in [2.45, 2.75) is 0 Å². The van der Waals surface area contributed by atoms with Crippen LogP contribution in [0.5, 0.6) is 0 Å². The zero-order chi connectivity index (χ0) is 11.8. The number of nitrogens with two attached hydrogens (primary N) is 1. The monoisotopic (exact) mass is 229 g/mol. The van der Waals surface area contributed by atoms with Crippen molar-refractivity contribution in [3.8, 4) is 0 Å². The molecule has 2 N–H and O–H groups in total. The quantitative estimate of drug-likeness (QED) is 0.720. The largest absolute Gasteiger partial charge is 0.473 e. The second-order valence-corrected chi connectivity index (χ2v) is 3.81. The van der Waals surface area contributed by atoms with Gasteiger partial charge in [-0.15, -0.1) is 0 Å². The van der Waals surface area contributed by atoms with Crippen LogP contribution in [0.1, 0.15) is 0 Å². The van der Waals surface area contributed by atoms with Crippen LogP contribution in [0.3, 0.4) is 0 Å². The highest BCUT2D eigenvalue weighted by atomic mass is 16.5. The van der Waals surface area contributed by atoms with E-state index in [1.54, 1.807) is 12.3 Å². The summed E-state index contributed by atoms with van der Waals surface area (Å²) < 4.78 is 5.47. The molecule has 0 unspecified atom stereocenters. The summed E-state index contributed by atoms with van der Waals surface area (Å²) in [7, 11) is 0. The standard InChI is InChI=1S/C12H11N3O2/c13-12(16)9-2-3-10-7-14-4-1-5-17-11(14)8-15(10)6-9/h1-4,6-8H,5H2,(H2,13,16). The summed E-state index contributed by atoms with van der Waals surface area (Å²) >= 11 is 0. The van der Waals surface area contributed by atoms with Crippen LogP contribution in [0.2, 0.25) is 0 Å². The van der Waals surface area contributed by atoms with E-state index in [4.69, 9.17) is 10.5 Å². The van der Waals surface area contributed by atoms with Gasteiger partial charge in [0.25, 0.3) is 0 Å². The molecular formula is C12H11N3O2. The molecule has 5 nitrogen and oxygen atoms in total. The van der Waals surface area contributed by atoms with E-state index >= 15 is 0 Å². The topological polar surface area (TPSA) is 58.8 Å². The minimum atomic E-state index is -0.439. The van der Waals surface area contributed by atoms with E-state index in [1.165, 1.54) is 0 Å². The number of allylic oxidation sites excluding steroid dienone is 1. The molecule has 0 spiro atoms. The average molecular weight is 229 g/mol. The number of ether oxygens (including phenoxy) is 1. The van der Waals surface area contributed by atoms with Crippen molar-refractivity contribution in [2.24, 2.45) is 5.73 Å². The molecule has 0 saturated heterocycles. The van der Waals surface area contributed by atoms with Crippen molar-refractivity contribution in [3.05, 3.63) is 60.2 Å². The Labute approximate surface area is 98.4 Å². The highest BCUT2D eigenvalue weighted by Gasteiger charge is 2.21. The van der Waals surface area contributed by atoms with E-state index in [0.717, 1.165) is 11.6 Å². The minimum Gasteiger partial charge on any atom is -0.473 e. The smallest absolute Gasteiger partial charge is 0.250 e. The first-order chi connectivity index (χ1) is 8.24. The maximum absolute atomic E-state index is 11.1. The lowest BCUT2D eigenvalue weighted by Crippen LogP contribution is -2.28. The number of carbonyl (C=O) groups is 1. The fourth-order valence-corrected chi connectivity index (χ4v) is 1.81. The van der Waals surface area contributed by atoms with E-state index in [-0.39, 0.29) is 0 Å². The van der Waals surface area contributed by atoms with Crippen molar-refractivity contribution in [1.29, 1.82) is 0 Å². The summed E-state index contributed by atoms with van der Waals surface area (Å²) in [6, 6.07) is 0. The van der Waals surface area contributed by atoms with Gasteiger partial charge >= 0.3 is 0 Å². The van der Waals surface area contributed by atoms with Crippen molar-refractivity contribution in [1.82, 2.24) is 9.80 Å². The molecule has 17 heavy (non-hydrogen) atoms. The molecule has 1 amide bonds. The molecule has 0 saturated carbocycles. The fraction of sp³-hybridized carbons (Fsp3) is 0.0833. The SMILES string of the molecule is NC(=O)C1=CN2C=C3OCC=CN3C=C2C=C1. The molecule has 3 rings (SSSR count). The van der Waals surface area contributed by atoms with Crippen LogP contribution < -0.4 is 5.73 Å². The van der Waals surface area contributed by atoms with Crippen molar-refractivity contribution >= 4 is 5.91 Å². The highest BCUT2D eigenvalue weighted by molar-refractivity contribution is 5.95. The van der Waals surface area contributed by atoms with Gasteiger partial charge in [-0.3, -0.25) is 9.69 Å². The van der Waals surface area contributed by atoms with Crippen molar-refractivity contribution < 1.29 is 9.53 Å². The molecule has 0 atom stereocenters. The molecule has 0 bridgehead atoms. The third-order valence-electron chi connectivity index (χ3n) is 2.66. The van der Waals surface area contributed by atoms with Gasteiger partial charge in [0.2, 0.25) is 11.8 Å². The minimum absolute atomic E-state index is 0.439. The Balaban J connectivity index is 1.97. The first-order valence-electron chi connectivity index (χ1n) is 5.23. The summed E-state index contributed by atoms with van der Waals surface area (Å²) in [6.45, 7) is 0.557. The Kier molecular flexibility index (Phi) is 2.04. The molecule has 3 heterocycles. The molecule has 86 valence electrons. The predicted molar refractivity (Wildman–Crippen MR) is 61.4 cm³/mol. The maximum Gasteiger partial charge on any atom is 0.250 e. The summed E-state index contributed by atoms with van der Waals surface area (Å²) in [5.41, 5.74) is 6.67. The lowest BCUT2D eigenvalue weighted by molar-refractivity contribution is -0.114. The van der Waals surface area contributed by atoms with Gasteiger partial charge in [0, 0.05) is 18.6 Å². The summed E-state index contributed by atoms with van der Waals surface area (Å²) in [5, 5.41) is 0. The molecule has 0 radical (unpaired) electrons. The Morgan fingerprint density at radius 3 is 2.94 bits per heavy atom. The molecule has 3 aliphatic rings. The second kappa shape index (κ2) is 3.55. The first kappa shape index (κ1) is 9.77. The van der Waals surface area contributed by atoms with E-state index in [9.17, 15) is 4.79 Å². The summed E-state index contributed by atoms with van der Waals surface area (Å²) in [5.74, 6) is 0.289. The Hall–Kier alpha value is -2.43. The summed E-state index contributed by atoms with van der Waals surface area (Å²) in [6.07, 6.45) is 12.9. The Morgan fingerprint density at radius 2 is 2.12 bits per heavy atom. The highest BCUT2D eigenvalue weighted by Crippen LogP contribution is 2.27. The van der Waals surface area contributed by atoms with Gasteiger partial charge in [0.15, 0.2) is 0 Å². The number of fused-ring (bicyclic) bond motifs is 2. The van der Waals surface area contributed by atoms with Gasteiger partial charge in [-0.2, -0.15) is 0 Å². The second-order valence-electron chi connectivity index (χ2n) is 3.81. The van der Waals surface area contributed by atoms with Crippen LogP contribution in [0, 0.1) is 0 Å². The van der Waals surface area contributed by atoms with Gasteiger partial charge in [0.05, 0.1) is 17.5 Å². The van der Waals surface area contributed by atoms with Gasteiger partial charge in [-0.25, -0.2) is 0 Å². The zero-order valence-electron chi connectivity index (χ0n) is 9.04. The number of primary amides is 1. The first-order valence-corrected chi connectivity index (χ1v) is 5.23. The van der Waals surface area contributed by atoms with Gasteiger partial charge in [-0.05, 0) is 18.2 Å². The molecule has 0 fully saturated rings. The lowest BCUT2D eigenvalue weighted by Gasteiger charge is -2.33. The lowest BCUT2D eigenvalue weighted by atomic mass is 10.1. The Morgan fingerprint density at radius 1 is 1.24 bits per heavy atom. The predicted octanol–water partition coefficient (Wildman–Crippen LogP) is 0.727. The van der Waals surface area contributed by atoms with Crippen LogP contribution in [0.15, 0.2) is 60.2 Å². The van der Waals surface area contributed by atoms with E-state index in [2.05, 4.69) is 0 Å². The molecule has 3 aliphatic heterocycles. The molecule has 0 aromatic heterocycles. The maximum atomic E-state index is 11.1. The van der Waals surface area contributed by atoms with E-state index in [1.807, 2.05) is 40.6 Å². The van der Waals surface area contributed by atoms with E-state index < -0.39 is 5.91 Å². The van der Waals surface area contributed by atoms with Crippen LogP contribution in [0.25, 0.3) is 0 Å². The third-order valence-corrected chi connectivity index (χ3v) is 2.66. The number of rotatable bonds is 1. The number of hydrogen-bond donors (Lipinski definition) is 1. The van der Waals surface area contributed by atoms with Crippen LogP contribution in [0.4, 0.5) is 0 Å². The van der Waals surface area contributed by atoms with Gasteiger partial charge < -0.3 is 15.4 Å². The van der Waals surface area contributed by atoms with E-state index in [0.29, 0.717) is 12.2 Å². The van der Waals surface area contributed by atoms with Gasteiger partial charge in [-0.1, -0.05) is 0 Å². The molecular weight excluding hydrogens is 218 g/mol. The van der Waals surface area contributed by atoms with Crippen LogP contribution in [-0.4, -0.2) is 22.3 Å². The van der Waals surface area contributed by atoms with Crippen LogP contribution >= 0.6 is 0 Å². The number of nitrogens with zero attached hydrogens (tertiary/aromatic N) is 2. The van der Waals surface area contributed by atoms with Crippen molar-refractivity contribution in [2.75, 3.05) is 6.61 Å². The van der Waals surface area contributed by atoms with Crippen LogP contribution in [-0.2, 0) is 9.53 Å². The fourth-order valence-electron chi connectivity index (χ4n) is 1.81. The summed E-state index contributed by atoms with van der Waals surface area (Å²) in [4.78, 5) is 14.8. The Bertz CT molecular complexity index is 526. The zero-order valence-corrected chi connectivity index (χ0v) is 9.04. The normalized spacial score (nSPS) is 20.8. The van der Waals surface area contributed by atoms with Gasteiger partial charge in [0.1, 0.15) is 6.61 Å². The molecule has 0 aliphatic carbocycles. The number of carbonyl (C=O) groups excluding carboxylic acids is 1. The molecule has 5 heteroatoms. The molecule has 0 aromatic rings. The van der Waals surface area contributed by atoms with Crippen molar-refractivity contribution in [3.63, 3.8) is 0 Å². The average Bonchev–Trinajstić information content (AvgIpc) is 2.35. The molecule has 0 aromatic carbocycles. The number of amides is 1.